The fourth-order valence-corrected chi connectivity index (χ4v) is 12.4. The van der Waals surface area contributed by atoms with Crippen molar-refractivity contribution >= 4 is 83.9 Å². The Labute approximate surface area is 435 Å². The van der Waals surface area contributed by atoms with Crippen LogP contribution in [0.1, 0.15) is 22.3 Å². The largest absolute Gasteiger partial charge is 0.455 e. The maximum Gasteiger partial charge on any atom is 0.143 e. The Balaban J connectivity index is 0.980. The van der Waals surface area contributed by atoms with E-state index in [1.807, 2.05) is 0 Å². The molecule has 12 aromatic carbocycles. The smallest absolute Gasteiger partial charge is 0.143 e. The number of fused-ring (bicyclic) bond motifs is 13. The Hall–Kier alpha value is -9.90. The number of benzene rings is 12. The molecule has 4 heteroatoms. The van der Waals surface area contributed by atoms with Crippen LogP contribution in [0.25, 0.3) is 55.0 Å². The second kappa shape index (κ2) is 17.1. The number of rotatable bonds is 8. The highest BCUT2D eigenvalue weighted by molar-refractivity contribution is 6.13. The monoisotopic (exact) mass is 957 g/mol. The van der Waals surface area contributed by atoms with Crippen molar-refractivity contribution in [3.8, 4) is 22.3 Å². The first-order chi connectivity index (χ1) is 37.2. The topological polar surface area (TPSA) is 22.9 Å². The van der Waals surface area contributed by atoms with Crippen molar-refractivity contribution in [2.24, 2.45) is 0 Å². The third-order valence-corrected chi connectivity index (χ3v) is 15.6. The molecule has 0 radical (unpaired) electrons. The summed E-state index contributed by atoms with van der Waals surface area (Å²) in [6.07, 6.45) is 0. The molecule has 0 amide bonds. The van der Waals surface area contributed by atoms with Crippen LogP contribution in [0.2, 0.25) is 0 Å². The lowest BCUT2D eigenvalue weighted by atomic mass is 9.64. The van der Waals surface area contributed by atoms with Crippen molar-refractivity contribution < 1.29 is 4.42 Å². The van der Waals surface area contributed by atoms with Gasteiger partial charge in [-0.15, -0.1) is 0 Å². The van der Waals surface area contributed by atoms with Crippen molar-refractivity contribution in [3.05, 3.63) is 307 Å². The van der Waals surface area contributed by atoms with Crippen molar-refractivity contribution in [2.75, 3.05) is 14.7 Å². The summed E-state index contributed by atoms with van der Waals surface area (Å²) in [5, 5.41) is 4.48. The van der Waals surface area contributed by atoms with Crippen LogP contribution in [0.15, 0.2) is 290 Å². The van der Waals surface area contributed by atoms with E-state index in [4.69, 9.17) is 4.42 Å². The zero-order chi connectivity index (χ0) is 49.5. The number of hydrogen-bond acceptors (Lipinski definition) is 4. The van der Waals surface area contributed by atoms with Crippen LogP contribution in [0.5, 0.6) is 0 Å². The van der Waals surface area contributed by atoms with E-state index < -0.39 is 5.41 Å². The molecule has 1 spiro atoms. The number of anilines is 9. The Kier molecular flexibility index (Phi) is 9.76. The van der Waals surface area contributed by atoms with Crippen LogP contribution in [-0.2, 0) is 5.41 Å². The SMILES string of the molecule is c1ccc(-c2cc(N(c3ccccc3)c3ccccc3)cc3c2oc2ccc(N(c4ccccc4)c4ccc5c(c4)N(c4ccc6ccccc6c4)c4ccccc4C54c5ccccc5-c5ccccc54)cc23)cc1. The van der Waals surface area contributed by atoms with Gasteiger partial charge < -0.3 is 19.1 Å². The Morgan fingerprint density at radius 2 is 0.813 bits per heavy atom. The third-order valence-electron chi connectivity index (χ3n) is 15.6. The maximum atomic E-state index is 7.00. The average molecular weight is 958 g/mol. The van der Waals surface area contributed by atoms with E-state index in [1.54, 1.807) is 0 Å². The molecule has 15 rings (SSSR count). The summed E-state index contributed by atoms with van der Waals surface area (Å²) < 4.78 is 7.00. The number of furan rings is 1. The van der Waals surface area contributed by atoms with Gasteiger partial charge in [0.15, 0.2) is 0 Å². The van der Waals surface area contributed by atoms with Gasteiger partial charge in [0, 0.05) is 56.1 Å². The van der Waals surface area contributed by atoms with Gasteiger partial charge in [0.05, 0.1) is 16.8 Å². The summed E-state index contributed by atoms with van der Waals surface area (Å²) in [5.74, 6) is 0. The van der Waals surface area contributed by atoms with E-state index in [0.29, 0.717) is 0 Å². The zero-order valence-electron chi connectivity index (χ0n) is 40.9. The highest BCUT2D eigenvalue weighted by Gasteiger charge is 2.51. The molecule has 0 fully saturated rings. The normalized spacial score (nSPS) is 12.9. The molecule has 1 aromatic heterocycles. The predicted molar refractivity (Wildman–Crippen MR) is 312 cm³/mol. The van der Waals surface area contributed by atoms with E-state index >= 15 is 0 Å². The van der Waals surface area contributed by atoms with Crippen LogP contribution < -0.4 is 14.7 Å². The van der Waals surface area contributed by atoms with Gasteiger partial charge in [0.25, 0.3) is 0 Å². The minimum atomic E-state index is -0.571. The zero-order valence-corrected chi connectivity index (χ0v) is 40.9. The summed E-state index contributed by atoms with van der Waals surface area (Å²) in [6.45, 7) is 0. The van der Waals surface area contributed by atoms with E-state index in [9.17, 15) is 0 Å². The summed E-state index contributed by atoms with van der Waals surface area (Å²) >= 11 is 0. The molecule has 0 bridgehead atoms. The molecular weight excluding hydrogens is 911 g/mol. The lowest BCUT2D eigenvalue weighted by Crippen LogP contribution is -2.36. The minimum Gasteiger partial charge on any atom is -0.455 e. The Morgan fingerprint density at radius 1 is 0.307 bits per heavy atom. The van der Waals surface area contributed by atoms with Gasteiger partial charge in [0.1, 0.15) is 11.2 Å². The first-order valence-electron chi connectivity index (χ1n) is 25.7. The molecule has 75 heavy (non-hydrogen) atoms. The minimum absolute atomic E-state index is 0.571. The van der Waals surface area contributed by atoms with Crippen LogP contribution >= 0.6 is 0 Å². The lowest BCUT2D eigenvalue weighted by molar-refractivity contribution is 0.670. The highest BCUT2D eigenvalue weighted by atomic mass is 16.3. The summed E-state index contributed by atoms with van der Waals surface area (Å²) in [6, 6.07) is 104. The first-order valence-corrected chi connectivity index (χ1v) is 25.7. The Bertz CT molecular complexity index is 4230. The standard InChI is InChI=1S/C71H47N3O/c1-5-22-49(23-6-1)60-45-57(72(51-25-7-2-8-26-51)52-27-9-3-10-28-52)46-62-61-44-55(40-42-69(61)75-70(60)62)73(53-29-11-4-12-30-53)56-39-41-66-68(47-56)74(54-38-37-48-21-13-14-24-50(48)43-54)67-36-20-19-35-65(67)71(66)63-33-17-15-31-58(63)59-32-16-18-34-64(59)71/h1-47H. The van der Waals surface area contributed by atoms with Crippen molar-refractivity contribution in [1.82, 2.24) is 0 Å². The van der Waals surface area contributed by atoms with E-state index in [0.717, 1.165) is 84.3 Å². The molecule has 0 saturated carbocycles. The molecule has 2 aliphatic rings. The van der Waals surface area contributed by atoms with Gasteiger partial charge in [-0.3, -0.25) is 0 Å². The van der Waals surface area contributed by atoms with Gasteiger partial charge in [-0.2, -0.15) is 0 Å². The molecule has 0 unspecified atom stereocenters. The number of hydrogen-bond donors (Lipinski definition) is 0. The quantitative estimate of drug-likeness (QED) is 0.151. The van der Waals surface area contributed by atoms with Crippen molar-refractivity contribution in [1.29, 1.82) is 0 Å². The second-order valence-electron chi connectivity index (χ2n) is 19.6. The lowest BCUT2D eigenvalue weighted by Gasteiger charge is -2.45. The van der Waals surface area contributed by atoms with Gasteiger partial charge in [-0.1, -0.05) is 188 Å². The van der Waals surface area contributed by atoms with Crippen LogP contribution in [-0.4, -0.2) is 0 Å². The molecule has 2 heterocycles. The third kappa shape index (κ3) is 6.63. The highest BCUT2D eigenvalue weighted by Crippen LogP contribution is 2.64. The van der Waals surface area contributed by atoms with Gasteiger partial charge >= 0.3 is 0 Å². The summed E-state index contributed by atoms with van der Waals surface area (Å²) in [4.78, 5) is 7.25. The second-order valence-corrected chi connectivity index (χ2v) is 19.6. The molecule has 352 valence electrons. The molecule has 1 aliphatic heterocycles. The molecule has 4 nitrogen and oxygen atoms in total. The summed E-state index contributed by atoms with van der Waals surface area (Å²) in [5.41, 5.74) is 20.6. The van der Waals surface area contributed by atoms with Crippen molar-refractivity contribution in [3.63, 3.8) is 0 Å². The predicted octanol–water partition coefficient (Wildman–Crippen LogP) is 19.5. The fraction of sp³-hybridized carbons (Fsp3) is 0.0141. The molecule has 0 atom stereocenters. The molecular formula is C71H47N3O. The molecule has 13 aromatic rings. The molecule has 0 N–H and O–H groups in total. The fourth-order valence-electron chi connectivity index (χ4n) is 12.4. The number of para-hydroxylation sites is 4. The first kappa shape index (κ1) is 42.8. The van der Waals surface area contributed by atoms with E-state index in [2.05, 4.69) is 300 Å². The van der Waals surface area contributed by atoms with Crippen molar-refractivity contribution in [2.45, 2.75) is 5.41 Å². The van der Waals surface area contributed by atoms with Gasteiger partial charge in [-0.05, 0) is 147 Å². The van der Waals surface area contributed by atoms with E-state index in [-0.39, 0.29) is 0 Å². The number of nitrogens with zero attached hydrogens (tertiary/aromatic N) is 3. The Morgan fingerprint density at radius 3 is 1.48 bits per heavy atom. The molecule has 1 aliphatic carbocycles. The molecule has 0 saturated heterocycles. The van der Waals surface area contributed by atoms with E-state index in [1.165, 1.54) is 44.2 Å². The average Bonchev–Trinajstić information content (AvgIpc) is 4.00. The van der Waals surface area contributed by atoms with Crippen LogP contribution in [0.4, 0.5) is 51.2 Å². The van der Waals surface area contributed by atoms with Gasteiger partial charge in [-0.25, -0.2) is 0 Å². The summed E-state index contributed by atoms with van der Waals surface area (Å²) in [7, 11) is 0. The van der Waals surface area contributed by atoms with Crippen LogP contribution in [0.3, 0.4) is 0 Å². The van der Waals surface area contributed by atoms with Gasteiger partial charge in [0.2, 0.25) is 0 Å². The van der Waals surface area contributed by atoms with Crippen LogP contribution in [0, 0.1) is 0 Å². The maximum absolute atomic E-state index is 7.00.